The molecule has 0 unspecified atom stereocenters. The van der Waals surface area contributed by atoms with Gasteiger partial charge in [0.25, 0.3) is 15.9 Å². The topological polar surface area (TPSA) is 91.7 Å². The minimum atomic E-state index is -4.02. The summed E-state index contributed by atoms with van der Waals surface area (Å²) >= 11 is 3.28. The number of amidine groups is 1. The van der Waals surface area contributed by atoms with Gasteiger partial charge in [-0.15, -0.1) is 4.83 Å². The maximum absolute atomic E-state index is 13.0. The summed E-state index contributed by atoms with van der Waals surface area (Å²) in [5.74, 6) is -0.413. The molecule has 2 aromatic carbocycles. The molecule has 0 aliphatic carbocycles. The van der Waals surface area contributed by atoms with Crippen molar-refractivity contribution in [2.75, 3.05) is 0 Å². The van der Waals surface area contributed by atoms with Gasteiger partial charge in [-0.3, -0.25) is 9.78 Å². The molecule has 4 rings (SSSR count). The van der Waals surface area contributed by atoms with Gasteiger partial charge in [-0.05, 0) is 42.5 Å². The van der Waals surface area contributed by atoms with Crippen molar-refractivity contribution >= 4 is 43.8 Å². The molecule has 0 fully saturated rings. The quantitative estimate of drug-likeness (QED) is 0.564. The molecular formula is C21H15BrN4O3S. The normalized spacial score (nSPS) is 15.5. The Balaban J connectivity index is 1.73. The number of sulfonamides is 1. The summed E-state index contributed by atoms with van der Waals surface area (Å²) in [4.78, 5) is 24.0. The van der Waals surface area contributed by atoms with Crippen LogP contribution in [-0.4, -0.2) is 30.2 Å². The van der Waals surface area contributed by atoms with E-state index in [1.54, 1.807) is 60.8 Å². The average molecular weight is 483 g/mol. The number of nitrogens with zero attached hydrogens (tertiary/aromatic N) is 3. The van der Waals surface area contributed by atoms with Crippen LogP contribution >= 0.6 is 15.9 Å². The highest BCUT2D eigenvalue weighted by molar-refractivity contribution is 9.10. The SMILES string of the molecule is O=C1/C(=C/c2ccccn2)N=C(c2ccccc2)N1NS(=O)(=O)c1ccc(Br)cc1. The summed E-state index contributed by atoms with van der Waals surface area (Å²) in [6, 6.07) is 20.3. The number of hydrogen-bond donors (Lipinski definition) is 1. The highest BCUT2D eigenvalue weighted by atomic mass is 79.9. The third kappa shape index (κ3) is 4.23. The molecule has 30 heavy (non-hydrogen) atoms. The van der Waals surface area contributed by atoms with E-state index in [0.29, 0.717) is 11.3 Å². The lowest BCUT2D eigenvalue weighted by Crippen LogP contribution is -2.47. The van der Waals surface area contributed by atoms with Crippen molar-refractivity contribution < 1.29 is 13.2 Å². The van der Waals surface area contributed by atoms with Gasteiger partial charge in [0, 0.05) is 16.2 Å². The van der Waals surface area contributed by atoms with E-state index in [2.05, 4.69) is 30.7 Å². The van der Waals surface area contributed by atoms with Crippen molar-refractivity contribution in [3.8, 4) is 0 Å². The number of amides is 1. The van der Waals surface area contributed by atoms with Gasteiger partial charge in [0.2, 0.25) is 0 Å². The van der Waals surface area contributed by atoms with Crippen LogP contribution in [0, 0.1) is 0 Å². The maximum Gasteiger partial charge on any atom is 0.293 e. The lowest BCUT2D eigenvalue weighted by molar-refractivity contribution is -0.123. The van der Waals surface area contributed by atoms with Gasteiger partial charge < -0.3 is 0 Å². The molecule has 9 heteroatoms. The number of nitrogens with one attached hydrogen (secondary N) is 1. The van der Waals surface area contributed by atoms with E-state index in [-0.39, 0.29) is 16.4 Å². The molecule has 0 atom stereocenters. The van der Waals surface area contributed by atoms with Crippen LogP contribution in [0.4, 0.5) is 0 Å². The molecule has 0 saturated carbocycles. The zero-order valence-electron chi connectivity index (χ0n) is 15.4. The van der Waals surface area contributed by atoms with Gasteiger partial charge in [0.05, 0.1) is 10.6 Å². The molecule has 1 amide bonds. The Morgan fingerprint density at radius 1 is 0.933 bits per heavy atom. The number of hydrazine groups is 1. The van der Waals surface area contributed by atoms with Gasteiger partial charge in [0.15, 0.2) is 5.84 Å². The Morgan fingerprint density at radius 2 is 1.63 bits per heavy atom. The lowest BCUT2D eigenvalue weighted by atomic mass is 10.2. The number of benzene rings is 2. The first-order valence-electron chi connectivity index (χ1n) is 8.83. The molecule has 7 nitrogen and oxygen atoms in total. The van der Waals surface area contributed by atoms with E-state index in [9.17, 15) is 13.2 Å². The molecule has 0 spiro atoms. The molecular weight excluding hydrogens is 468 g/mol. The first-order valence-corrected chi connectivity index (χ1v) is 11.1. The number of pyridine rings is 1. The van der Waals surface area contributed by atoms with E-state index in [1.165, 1.54) is 18.2 Å². The summed E-state index contributed by atoms with van der Waals surface area (Å²) < 4.78 is 26.5. The number of aromatic nitrogens is 1. The van der Waals surface area contributed by atoms with Crippen molar-refractivity contribution in [2.24, 2.45) is 4.99 Å². The Labute approximate surface area is 181 Å². The monoisotopic (exact) mass is 482 g/mol. The van der Waals surface area contributed by atoms with Gasteiger partial charge in [-0.25, -0.2) is 18.4 Å². The smallest absolute Gasteiger partial charge is 0.265 e. The fourth-order valence-corrected chi connectivity index (χ4v) is 4.04. The molecule has 150 valence electrons. The first-order chi connectivity index (χ1) is 14.4. The van der Waals surface area contributed by atoms with E-state index in [1.807, 2.05) is 6.07 Å². The standard InChI is InChI=1S/C21H15BrN4O3S/c22-16-9-11-18(12-10-16)30(28,29)25-26-20(15-6-2-1-3-7-15)24-19(21(26)27)14-17-8-4-5-13-23-17/h1-14,25H/b19-14-. The summed E-state index contributed by atoms with van der Waals surface area (Å²) in [6.45, 7) is 0. The summed E-state index contributed by atoms with van der Waals surface area (Å²) in [5, 5.41) is 0.946. The molecule has 1 aliphatic rings. The zero-order chi connectivity index (χ0) is 21.1. The molecule has 1 N–H and O–H groups in total. The van der Waals surface area contributed by atoms with E-state index >= 15 is 0 Å². The second-order valence-electron chi connectivity index (χ2n) is 6.27. The number of rotatable bonds is 5. The molecule has 2 heterocycles. The summed E-state index contributed by atoms with van der Waals surface area (Å²) in [6.07, 6.45) is 3.11. The van der Waals surface area contributed by atoms with E-state index in [4.69, 9.17) is 0 Å². The number of halogens is 1. The minimum Gasteiger partial charge on any atom is -0.265 e. The molecule has 1 aromatic heterocycles. The van der Waals surface area contributed by atoms with Crippen molar-refractivity contribution in [3.05, 3.63) is 100 Å². The van der Waals surface area contributed by atoms with Crippen LogP contribution in [0.2, 0.25) is 0 Å². The third-order valence-corrected chi connectivity index (χ3v) is 6.04. The second kappa shape index (κ2) is 8.31. The third-order valence-electron chi connectivity index (χ3n) is 4.20. The fourth-order valence-electron chi connectivity index (χ4n) is 2.77. The van der Waals surface area contributed by atoms with Crippen LogP contribution in [0.1, 0.15) is 11.3 Å². The Bertz CT molecular complexity index is 1240. The Kier molecular flexibility index (Phi) is 5.58. The predicted octanol–water partition coefficient (Wildman–Crippen LogP) is 3.37. The number of hydrogen-bond acceptors (Lipinski definition) is 5. The van der Waals surface area contributed by atoms with Crippen molar-refractivity contribution in [2.45, 2.75) is 4.90 Å². The fraction of sp³-hybridized carbons (Fsp3) is 0. The highest BCUT2D eigenvalue weighted by Crippen LogP contribution is 2.22. The number of aliphatic imine (C=N–C) groups is 1. The van der Waals surface area contributed by atoms with Crippen LogP contribution in [-0.2, 0) is 14.8 Å². The van der Waals surface area contributed by atoms with Gasteiger partial charge >= 0.3 is 0 Å². The lowest BCUT2D eigenvalue weighted by Gasteiger charge is -2.19. The minimum absolute atomic E-state index is 0.0214. The molecule has 1 aliphatic heterocycles. The van der Waals surface area contributed by atoms with Crippen molar-refractivity contribution in [1.82, 2.24) is 14.8 Å². The Morgan fingerprint density at radius 3 is 2.30 bits per heavy atom. The van der Waals surface area contributed by atoms with Crippen molar-refractivity contribution in [1.29, 1.82) is 0 Å². The van der Waals surface area contributed by atoms with Crippen molar-refractivity contribution in [3.63, 3.8) is 0 Å². The van der Waals surface area contributed by atoms with E-state index < -0.39 is 15.9 Å². The van der Waals surface area contributed by atoms with Crippen LogP contribution in [0.15, 0.2) is 99.1 Å². The number of carbonyl (C=O) groups is 1. The van der Waals surface area contributed by atoms with Crippen LogP contribution in [0.5, 0.6) is 0 Å². The Hall–Kier alpha value is -3.14. The summed E-state index contributed by atoms with van der Waals surface area (Å²) in [5.41, 5.74) is 1.20. The van der Waals surface area contributed by atoms with Crippen LogP contribution in [0.3, 0.4) is 0 Å². The van der Waals surface area contributed by atoms with Gasteiger partial charge in [-0.1, -0.05) is 52.3 Å². The molecule has 3 aromatic rings. The largest absolute Gasteiger partial charge is 0.293 e. The molecule has 0 bridgehead atoms. The first kappa shape index (κ1) is 20.1. The highest BCUT2D eigenvalue weighted by Gasteiger charge is 2.34. The molecule has 0 saturated heterocycles. The van der Waals surface area contributed by atoms with Gasteiger partial charge in [0.1, 0.15) is 5.70 Å². The number of carbonyl (C=O) groups excluding carboxylic acids is 1. The van der Waals surface area contributed by atoms with Crippen LogP contribution in [0.25, 0.3) is 6.08 Å². The summed E-state index contributed by atoms with van der Waals surface area (Å²) in [7, 11) is -4.02. The maximum atomic E-state index is 13.0. The predicted molar refractivity (Wildman–Crippen MR) is 117 cm³/mol. The molecule has 0 radical (unpaired) electrons. The van der Waals surface area contributed by atoms with E-state index in [0.717, 1.165) is 9.48 Å². The average Bonchev–Trinajstić information content (AvgIpc) is 3.05. The zero-order valence-corrected chi connectivity index (χ0v) is 17.8. The van der Waals surface area contributed by atoms with Crippen LogP contribution < -0.4 is 4.83 Å². The second-order valence-corrected chi connectivity index (χ2v) is 8.85. The van der Waals surface area contributed by atoms with Gasteiger partial charge in [-0.2, -0.15) is 0 Å².